The zero-order valence-corrected chi connectivity index (χ0v) is 13.9. The van der Waals surface area contributed by atoms with Gasteiger partial charge in [-0.15, -0.1) is 0 Å². The monoisotopic (exact) mass is 313 g/mol. The van der Waals surface area contributed by atoms with E-state index in [1.165, 1.54) is 0 Å². The summed E-state index contributed by atoms with van der Waals surface area (Å²) in [5.74, 6) is -0.356. The first-order valence-corrected chi connectivity index (χ1v) is 7.73. The molecule has 22 heavy (non-hydrogen) atoms. The minimum absolute atomic E-state index is 0.233. The average Bonchev–Trinajstić information content (AvgIpc) is 2.43. The Balaban J connectivity index is 2.81. The molecule has 0 saturated heterocycles. The molecule has 7 heteroatoms. The standard InChI is InChI=1S/C15H27N3O4/c1-5-11(16)18-22-12(19)15(9-7-6-8-10-15)17-13(20)21-14(2,3)4/h5-10H2,1-4H3,(H2,16,18)(H,17,20). The fraction of sp³-hybridized carbons (Fsp3) is 0.800. The number of hydrogen-bond acceptors (Lipinski definition) is 5. The van der Waals surface area contributed by atoms with Crippen molar-refractivity contribution in [3.8, 4) is 0 Å². The number of oxime groups is 1. The third-order valence-corrected chi connectivity index (χ3v) is 3.45. The minimum Gasteiger partial charge on any atom is -0.444 e. The van der Waals surface area contributed by atoms with Gasteiger partial charge in [0.15, 0.2) is 0 Å². The Bertz CT molecular complexity index is 435. The largest absolute Gasteiger partial charge is 0.444 e. The number of nitrogens with two attached hydrogens (primary N) is 1. The number of nitrogens with one attached hydrogen (secondary N) is 1. The molecule has 0 aromatic rings. The Labute approximate surface area is 131 Å². The zero-order valence-electron chi connectivity index (χ0n) is 13.9. The maximum atomic E-state index is 12.4. The number of rotatable bonds is 4. The van der Waals surface area contributed by atoms with Crippen molar-refractivity contribution in [2.24, 2.45) is 10.9 Å². The molecule has 126 valence electrons. The molecule has 0 spiro atoms. The molecule has 0 aromatic carbocycles. The van der Waals surface area contributed by atoms with Gasteiger partial charge in [0.05, 0.1) is 0 Å². The second-order valence-electron chi connectivity index (χ2n) is 6.58. The van der Waals surface area contributed by atoms with Crippen LogP contribution in [0.1, 0.15) is 66.2 Å². The molecule has 0 unspecified atom stereocenters. The summed E-state index contributed by atoms with van der Waals surface area (Å²) >= 11 is 0. The van der Waals surface area contributed by atoms with Crippen molar-refractivity contribution in [2.75, 3.05) is 0 Å². The van der Waals surface area contributed by atoms with Crippen molar-refractivity contribution in [1.29, 1.82) is 0 Å². The van der Waals surface area contributed by atoms with E-state index in [4.69, 9.17) is 15.3 Å². The number of amides is 1. The lowest BCUT2D eigenvalue weighted by Gasteiger charge is -2.35. The van der Waals surface area contributed by atoms with Crippen LogP contribution >= 0.6 is 0 Å². The van der Waals surface area contributed by atoms with Crippen LogP contribution in [0.3, 0.4) is 0 Å². The van der Waals surface area contributed by atoms with Crippen LogP contribution in [-0.2, 0) is 14.4 Å². The molecule has 0 radical (unpaired) electrons. The fourth-order valence-corrected chi connectivity index (χ4v) is 2.29. The van der Waals surface area contributed by atoms with E-state index >= 15 is 0 Å². The summed E-state index contributed by atoms with van der Waals surface area (Å²) in [5.41, 5.74) is 3.82. The van der Waals surface area contributed by atoms with E-state index in [2.05, 4.69) is 10.5 Å². The lowest BCUT2D eigenvalue weighted by atomic mass is 9.82. The molecule has 1 aliphatic rings. The van der Waals surface area contributed by atoms with E-state index < -0.39 is 23.2 Å². The lowest BCUT2D eigenvalue weighted by Crippen LogP contribution is -2.57. The number of hydrogen-bond donors (Lipinski definition) is 2. The Morgan fingerprint density at radius 3 is 2.32 bits per heavy atom. The number of carbonyl (C=O) groups excluding carboxylic acids is 2. The Morgan fingerprint density at radius 1 is 1.23 bits per heavy atom. The van der Waals surface area contributed by atoms with E-state index in [1.807, 2.05) is 6.92 Å². The molecular weight excluding hydrogens is 286 g/mol. The van der Waals surface area contributed by atoms with Crippen LogP contribution in [0.15, 0.2) is 5.16 Å². The van der Waals surface area contributed by atoms with Gasteiger partial charge in [-0.3, -0.25) is 0 Å². The van der Waals surface area contributed by atoms with Crippen molar-refractivity contribution >= 4 is 17.9 Å². The topological polar surface area (TPSA) is 103 Å². The van der Waals surface area contributed by atoms with E-state index in [0.717, 1.165) is 19.3 Å². The van der Waals surface area contributed by atoms with Crippen molar-refractivity contribution in [1.82, 2.24) is 5.32 Å². The summed E-state index contributed by atoms with van der Waals surface area (Å²) < 4.78 is 5.24. The summed E-state index contributed by atoms with van der Waals surface area (Å²) in [6.45, 7) is 7.11. The molecule has 1 rings (SSSR count). The Hall–Kier alpha value is -1.79. The van der Waals surface area contributed by atoms with E-state index in [0.29, 0.717) is 19.3 Å². The number of amidine groups is 1. The summed E-state index contributed by atoms with van der Waals surface area (Å²) in [5, 5.41) is 6.28. The van der Waals surface area contributed by atoms with Crippen LogP contribution in [0.4, 0.5) is 4.79 Å². The van der Waals surface area contributed by atoms with Gasteiger partial charge >= 0.3 is 12.1 Å². The number of carbonyl (C=O) groups is 2. The second kappa shape index (κ2) is 7.47. The van der Waals surface area contributed by atoms with Crippen molar-refractivity contribution < 1.29 is 19.2 Å². The smallest absolute Gasteiger partial charge is 0.408 e. The molecule has 3 N–H and O–H groups in total. The van der Waals surface area contributed by atoms with Crippen molar-refractivity contribution in [3.63, 3.8) is 0 Å². The highest BCUT2D eigenvalue weighted by Crippen LogP contribution is 2.30. The quantitative estimate of drug-likeness (QED) is 0.359. The predicted octanol–water partition coefficient (Wildman–Crippen LogP) is 2.44. The molecule has 1 fully saturated rings. The van der Waals surface area contributed by atoms with Gasteiger partial charge in [0, 0.05) is 6.42 Å². The normalized spacial score (nSPS) is 18.5. The highest BCUT2D eigenvalue weighted by Gasteiger charge is 2.44. The average molecular weight is 313 g/mol. The van der Waals surface area contributed by atoms with E-state index in [-0.39, 0.29) is 5.84 Å². The number of nitrogens with zero attached hydrogens (tertiary/aromatic N) is 1. The third kappa shape index (κ3) is 5.54. The van der Waals surface area contributed by atoms with Crippen LogP contribution in [0, 0.1) is 0 Å². The first-order chi connectivity index (χ1) is 10.2. The van der Waals surface area contributed by atoms with Gasteiger partial charge in [-0.1, -0.05) is 31.3 Å². The highest BCUT2D eigenvalue weighted by molar-refractivity contribution is 5.87. The Kier molecular flexibility index (Phi) is 6.20. The van der Waals surface area contributed by atoms with Crippen LogP contribution in [0.2, 0.25) is 0 Å². The molecule has 0 atom stereocenters. The second-order valence-corrected chi connectivity index (χ2v) is 6.58. The first kappa shape index (κ1) is 18.3. The molecule has 7 nitrogen and oxygen atoms in total. The molecule has 0 aliphatic heterocycles. The first-order valence-electron chi connectivity index (χ1n) is 7.73. The molecule has 1 saturated carbocycles. The van der Waals surface area contributed by atoms with Gasteiger partial charge in [0.25, 0.3) is 0 Å². The molecule has 0 heterocycles. The number of alkyl carbamates (subject to hydrolysis) is 1. The molecule has 0 bridgehead atoms. The van der Waals surface area contributed by atoms with Gasteiger partial charge in [0.1, 0.15) is 17.0 Å². The Morgan fingerprint density at radius 2 is 1.82 bits per heavy atom. The van der Waals surface area contributed by atoms with Crippen LogP contribution < -0.4 is 11.1 Å². The third-order valence-electron chi connectivity index (χ3n) is 3.45. The molecule has 0 aromatic heterocycles. The SMILES string of the molecule is CC/C(N)=N/OC(=O)C1(NC(=O)OC(C)(C)C)CCCCC1. The number of ether oxygens (including phenoxy) is 1. The maximum absolute atomic E-state index is 12.4. The summed E-state index contributed by atoms with van der Waals surface area (Å²) in [6, 6.07) is 0. The lowest BCUT2D eigenvalue weighted by molar-refractivity contribution is -0.153. The zero-order chi connectivity index (χ0) is 16.8. The summed E-state index contributed by atoms with van der Waals surface area (Å²) in [7, 11) is 0. The van der Waals surface area contributed by atoms with Gasteiger partial charge < -0.3 is 20.6 Å². The van der Waals surface area contributed by atoms with Gasteiger partial charge in [0.2, 0.25) is 0 Å². The molecule has 1 aliphatic carbocycles. The van der Waals surface area contributed by atoms with Gasteiger partial charge in [-0.25, -0.2) is 9.59 Å². The highest BCUT2D eigenvalue weighted by atomic mass is 16.7. The fourth-order valence-electron chi connectivity index (χ4n) is 2.29. The van der Waals surface area contributed by atoms with E-state index in [9.17, 15) is 9.59 Å². The van der Waals surface area contributed by atoms with E-state index in [1.54, 1.807) is 20.8 Å². The van der Waals surface area contributed by atoms with Gasteiger partial charge in [-0.2, -0.15) is 0 Å². The molecular formula is C15H27N3O4. The van der Waals surface area contributed by atoms with Crippen molar-refractivity contribution in [3.05, 3.63) is 0 Å². The van der Waals surface area contributed by atoms with Gasteiger partial charge in [-0.05, 0) is 33.6 Å². The van der Waals surface area contributed by atoms with Crippen LogP contribution in [0.5, 0.6) is 0 Å². The minimum atomic E-state index is -1.09. The van der Waals surface area contributed by atoms with Crippen molar-refractivity contribution in [2.45, 2.75) is 77.4 Å². The summed E-state index contributed by atoms with van der Waals surface area (Å²) in [6.07, 6.45) is 3.55. The molecule has 1 amide bonds. The predicted molar refractivity (Wildman–Crippen MR) is 83.2 cm³/mol. The summed E-state index contributed by atoms with van der Waals surface area (Å²) in [4.78, 5) is 29.3. The maximum Gasteiger partial charge on any atom is 0.408 e. The van der Waals surface area contributed by atoms with Crippen LogP contribution in [-0.4, -0.2) is 29.0 Å². The van der Waals surface area contributed by atoms with Crippen LogP contribution in [0.25, 0.3) is 0 Å².